The van der Waals surface area contributed by atoms with Crippen molar-refractivity contribution in [2.45, 2.75) is 96.1 Å². The molecule has 5 N–H and O–H groups in total. The van der Waals surface area contributed by atoms with Crippen LogP contribution in [-0.4, -0.2) is 80.0 Å². The Bertz CT molecular complexity index is 553. The lowest BCUT2D eigenvalue weighted by atomic mass is 10.1. The topological polar surface area (TPSA) is 140 Å². The molecule has 0 aliphatic carbocycles. The summed E-state index contributed by atoms with van der Waals surface area (Å²) in [5.74, 6) is -0.789. The third-order valence-electron chi connectivity index (χ3n) is 5.59. The Balaban J connectivity index is 3.52. The number of methoxy groups -OCH3 is 1. The molecule has 1 amide bonds. The van der Waals surface area contributed by atoms with Crippen LogP contribution in [0, 0.1) is 0 Å². The van der Waals surface area contributed by atoms with Crippen molar-refractivity contribution in [2.24, 2.45) is 5.73 Å². The molecule has 0 unspecified atom stereocenters. The van der Waals surface area contributed by atoms with Gasteiger partial charge in [0, 0.05) is 11.5 Å². The predicted octanol–water partition coefficient (Wildman–Crippen LogP) is 2.53. The summed E-state index contributed by atoms with van der Waals surface area (Å²) in [5, 5.41) is 14.6. The van der Waals surface area contributed by atoms with Crippen LogP contribution in [0.3, 0.4) is 0 Å². The summed E-state index contributed by atoms with van der Waals surface area (Å²) in [6.45, 7) is 2.93. The van der Waals surface area contributed by atoms with Gasteiger partial charge >= 0.3 is 11.9 Å². The van der Waals surface area contributed by atoms with E-state index in [0.29, 0.717) is 11.5 Å². The second kappa shape index (κ2) is 24.3. The Morgan fingerprint density at radius 2 is 1.51 bits per heavy atom. The van der Waals surface area contributed by atoms with Gasteiger partial charge in [-0.1, -0.05) is 77.6 Å². The minimum absolute atomic E-state index is 0.195. The number of carbonyl (C=O) groups is 3. The van der Waals surface area contributed by atoms with Gasteiger partial charge in [-0.05, 0) is 13.0 Å². The van der Waals surface area contributed by atoms with Crippen molar-refractivity contribution in [3.05, 3.63) is 0 Å². The minimum atomic E-state index is -1.13. The molecule has 2 atom stereocenters. The first-order chi connectivity index (χ1) is 17.0. The Labute approximate surface area is 216 Å². The number of carbonyl (C=O) groups excluding carboxylic acids is 3. The first kappa shape index (κ1) is 33.6. The van der Waals surface area contributed by atoms with Crippen molar-refractivity contribution in [2.75, 3.05) is 44.9 Å². The van der Waals surface area contributed by atoms with E-state index in [1.807, 2.05) is 0 Å². The van der Waals surface area contributed by atoms with Crippen molar-refractivity contribution < 1.29 is 29.0 Å². The third-order valence-corrected chi connectivity index (χ3v) is 6.64. The monoisotopic (exact) mass is 519 g/mol. The van der Waals surface area contributed by atoms with Crippen LogP contribution < -0.4 is 16.4 Å². The molecule has 0 heterocycles. The molecule has 0 rings (SSSR count). The van der Waals surface area contributed by atoms with E-state index in [2.05, 4.69) is 22.3 Å². The van der Waals surface area contributed by atoms with Crippen LogP contribution in [0.5, 0.6) is 0 Å². The molecule has 0 aromatic heterocycles. The highest BCUT2D eigenvalue weighted by molar-refractivity contribution is 7.99. The molecule has 0 spiro atoms. The smallest absolute Gasteiger partial charge is 0.330 e. The molecular formula is C25H49N3O6S. The van der Waals surface area contributed by atoms with Gasteiger partial charge in [0.1, 0.15) is 6.61 Å². The second-order valence-electron chi connectivity index (χ2n) is 8.73. The number of ether oxygens (including phenoxy) is 2. The fourth-order valence-electron chi connectivity index (χ4n) is 3.43. The van der Waals surface area contributed by atoms with Crippen molar-refractivity contribution >= 4 is 29.6 Å². The van der Waals surface area contributed by atoms with Gasteiger partial charge in [-0.2, -0.15) is 11.8 Å². The van der Waals surface area contributed by atoms with E-state index in [9.17, 15) is 14.4 Å². The summed E-state index contributed by atoms with van der Waals surface area (Å²) >= 11 is 1.37. The van der Waals surface area contributed by atoms with Gasteiger partial charge < -0.3 is 30.9 Å². The third kappa shape index (κ3) is 20.5. The molecule has 206 valence electrons. The summed E-state index contributed by atoms with van der Waals surface area (Å²) < 4.78 is 9.65. The molecule has 0 saturated heterocycles. The van der Waals surface area contributed by atoms with Crippen LogP contribution in [0.25, 0.3) is 0 Å². The van der Waals surface area contributed by atoms with E-state index < -0.39 is 30.6 Å². The molecule has 0 fully saturated rings. The zero-order chi connectivity index (χ0) is 26.2. The molecule has 35 heavy (non-hydrogen) atoms. The Kier molecular flexibility index (Phi) is 23.4. The van der Waals surface area contributed by atoms with Gasteiger partial charge in [-0.25, -0.2) is 4.79 Å². The maximum absolute atomic E-state index is 12.0. The quantitative estimate of drug-likeness (QED) is 0.112. The van der Waals surface area contributed by atoms with Crippen molar-refractivity contribution in [3.63, 3.8) is 0 Å². The standard InChI is InChI=1S/C25H49N3O6S/c1-3-4-5-6-7-8-9-10-11-12-13-14-15-27-18-23(30)34-16-17-35-20-21(26)24(31)28-22(19-29)25(32)33-2/h21-22,27,29H,3-20,26H2,1-2H3,(H,28,31)/t21-,22-/m0/s1. The predicted molar refractivity (Wildman–Crippen MR) is 141 cm³/mol. The lowest BCUT2D eigenvalue weighted by Crippen LogP contribution is -2.51. The fraction of sp³-hybridized carbons (Fsp3) is 0.880. The van der Waals surface area contributed by atoms with Gasteiger partial charge in [0.25, 0.3) is 0 Å². The maximum atomic E-state index is 12.0. The highest BCUT2D eigenvalue weighted by Crippen LogP contribution is 2.11. The SMILES string of the molecule is CCCCCCCCCCCCCCNCC(=O)OCCSC[C@H](N)C(=O)N[C@@H](CO)C(=O)OC. The van der Waals surface area contributed by atoms with Crippen LogP contribution in [0.1, 0.15) is 84.0 Å². The first-order valence-electron chi connectivity index (χ1n) is 13.1. The van der Waals surface area contributed by atoms with E-state index in [4.69, 9.17) is 15.6 Å². The Hall–Kier alpha value is -1.36. The molecule has 0 radical (unpaired) electrons. The molecule has 9 nitrogen and oxygen atoms in total. The van der Waals surface area contributed by atoms with E-state index in [-0.39, 0.29) is 19.1 Å². The van der Waals surface area contributed by atoms with Gasteiger partial charge in [-0.3, -0.25) is 9.59 Å². The molecular weight excluding hydrogens is 470 g/mol. The molecule has 0 aromatic rings. The second-order valence-corrected chi connectivity index (χ2v) is 9.88. The van der Waals surface area contributed by atoms with Gasteiger partial charge in [0.05, 0.1) is 26.3 Å². The van der Waals surface area contributed by atoms with E-state index in [1.54, 1.807) is 0 Å². The average molecular weight is 520 g/mol. The largest absolute Gasteiger partial charge is 0.467 e. The number of unbranched alkanes of at least 4 members (excludes halogenated alkanes) is 11. The molecule has 10 heteroatoms. The van der Waals surface area contributed by atoms with Crippen LogP contribution in [0.15, 0.2) is 0 Å². The van der Waals surface area contributed by atoms with Crippen LogP contribution in [-0.2, 0) is 23.9 Å². The molecule has 0 aliphatic rings. The van der Waals surface area contributed by atoms with E-state index in [1.165, 1.54) is 89.5 Å². The Morgan fingerprint density at radius 1 is 0.943 bits per heavy atom. The van der Waals surface area contributed by atoms with Crippen molar-refractivity contribution in [1.82, 2.24) is 10.6 Å². The number of hydrogen-bond donors (Lipinski definition) is 4. The maximum Gasteiger partial charge on any atom is 0.330 e. The van der Waals surface area contributed by atoms with Crippen LogP contribution >= 0.6 is 11.8 Å². The number of hydrogen-bond acceptors (Lipinski definition) is 9. The molecule has 0 aliphatic heterocycles. The van der Waals surface area contributed by atoms with Crippen molar-refractivity contribution in [1.29, 1.82) is 0 Å². The number of esters is 2. The number of aliphatic hydroxyl groups is 1. The van der Waals surface area contributed by atoms with Gasteiger partial charge in [0.2, 0.25) is 5.91 Å². The highest BCUT2D eigenvalue weighted by atomic mass is 32.2. The van der Waals surface area contributed by atoms with Crippen molar-refractivity contribution in [3.8, 4) is 0 Å². The first-order valence-corrected chi connectivity index (χ1v) is 14.3. The summed E-state index contributed by atoms with van der Waals surface area (Å²) in [7, 11) is 1.17. The van der Waals surface area contributed by atoms with Gasteiger partial charge in [-0.15, -0.1) is 0 Å². The van der Waals surface area contributed by atoms with E-state index in [0.717, 1.165) is 13.0 Å². The van der Waals surface area contributed by atoms with Crippen LogP contribution in [0.4, 0.5) is 0 Å². The number of nitrogens with one attached hydrogen (secondary N) is 2. The fourth-order valence-corrected chi connectivity index (χ4v) is 4.21. The zero-order valence-electron chi connectivity index (χ0n) is 21.9. The Morgan fingerprint density at radius 3 is 2.06 bits per heavy atom. The normalized spacial score (nSPS) is 12.7. The summed E-state index contributed by atoms with van der Waals surface area (Å²) in [4.78, 5) is 35.1. The number of rotatable bonds is 24. The van der Waals surface area contributed by atoms with E-state index >= 15 is 0 Å². The molecule has 0 saturated carbocycles. The summed E-state index contributed by atoms with van der Waals surface area (Å²) in [6, 6.07) is -1.99. The number of amides is 1. The number of aliphatic hydroxyl groups excluding tert-OH is 1. The lowest BCUT2D eigenvalue weighted by molar-refractivity contribution is -0.146. The minimum Gasteiger partial charge on any atom is -0.467 e. The van der Waals surface area contributed by atoms with Gasteiger partial charge in [0.15, 0.2) is 6.04 Å². The number of thioether (sulfide) groups is 1. The molecule has 0 aromatic carbocycles. The molecule has 0 bridgehead atoms. The highest BCUT2D eigenvalue weighted by Gasteiger charge is 2.23. The van der Waals surface area contributed by atoms with Crippen LogP contribution in [0.2, 0.25) is 0 Å². The number of nitrogens with two attached hydrogens (primary N) is 1. The summed E-state index contributed by atoms with van der Waals surface area (Å²) in [5.41, 5.74) is 5.79. The average Bonchev–Trinajstić information content (AvgIpc) is 2.86. The lowest BCUT2D eigenvalue weighted by Gasteiger charge is -2.17. The zero-order valence-corrected chi connectivity index (χ0v) is 22.7. The summed E-state index contributed by atoms with van der Waals surface area (Å²) in [6.07, 6.45) is 15.7.